The fraction of sp³-hybridized carbons (Fsp3) is 0.429. The summed E-state index contributed by atoms with van der Waals surface area (Å²) in [5.41, 5.74) is 2.28. The van der Waals surface area contributed by atoms with Crippen LogP contribution in [-0.2, 0) is 14.8 Å². The van der Waals surface area contributed by atoms with E-state index < -0.39 is 14.9 Å². The van der Waals surface area contributed by atoms with Crippen molar-refractivity contribution in [1.82, 2.24) is 4.90 Å². The lowest BCUT2D eigenvalue weighted by Crippen LogP contribution is -2.37. The molecule has 0 unspecified atom stereocenters. The highest BCUT2D eigenvalue weighted by atomic mass is 32.2. The number of non-ortho nitro benzene ring substituents is 1. The van der Waals surface area contributed by atoms with Gasteiger partial charge in [0.15, 0.2) is 0 Å². The molecule has 0 radical (unpaired) electrons. The number of ether oxygens (including phenoxy) is 1. The third kappa shape index (κ3) is 6.16. The van der Waals surface area contributed by atoms with Crippen LogP contribution < -0.4 is 10.0 Å². The maximum atomic E-state index is 13.1. The van der Waals surface area contributed by atoms with E-state index in [1.165, 1.54) is 12.1 Å². The van der Waals surface area contributed by atoms with E-state index >= 15 is 0 Å². The number of nitro groups is 1. The van der Waals surface area contributed by atoms with Gasteiger partial charge in [0, 0.05) is 31.8 Å². The highest BCUT2D eigenvalue weighted by Crippen LogP contribution is 2.29. The van der Waals surface area contributed by atoms with Crippen LogP contribution in [0, 0.1) is 24.0 Å². The maximum absolute atomic E-state index is 13.1. The molecule has 0 aromatic heterocycles. The molecule has 9 nitrogen and oxygen atoms in total. The van der Waals surface area contributed by atoms with Gasteiger partial charge in [0.2, 0.25) is 0 Å². The summed E-state index contributed by atoms with van der Waals surface area (Å²) < 4.78 is 34.1. The summed E-state index contributed by atoms with van der Waals surface area (Å²) >= 11 is 0. The lowest BCUT2D eigenvalue weighted by molar-refractivity contribution is -0.385. The molecule has 1 aliphatic rings. The van der Waals surface area contributed by atoms with Crippen molar-refractivity contribution in [2.75, 3.05) is 49.4 Å². The minimum Gasteiger partial charge on any atom is -0.384 e. The second-order valence-corrected chi connectivity index (χ2v) is 9.25. The number of benzene rings is 2. The summed E-state index contributed by atoms with van der Waals surface area (Å²) in [5.74, 6) is 0. The van der Waals surface area contributed by atoms with E-state index in [2.05, 4.69) is 14.9 Å². The average molecular weight is 449 g/mol. The zero-order chi connectivity index (χ0) is 22.4. The standard InChI is InChI=1S/C21H28N4O5S/c1-16-4-6-19(17(2)14-16)23-31(28,29)21-15-18(25(26)27)5-7-20(21)22-8-3-9-24-10-12-30-13-11-24/h4-7,14-15,22-23H,3,8-13H2,1-2H3. The summed E-state index contributed by atoms with van der Waals surface area (Å²) in [4.78, 5) is 12.8. The van der Waals surface area contributed by atoms with Crippen molar-refractivity contribution in [2.24, 2.45) is 0 Å². The van der Waals surface area contributed by atoms with Crippen LogP contribution >= 0.6 is 0 Å². The SMILES string of the molecule is Cc1ccc(NS(=O)(=O)c2cc([N+](=O)[O-])ccc2NCCCN2CCOCC2)c(C)c1. The Balaban J connectivity index is 1.77. The molecule has 1 heterocycles. The molecule has 1 aliphatic heterocycles. The van der Waals surface area contributed by atoms with Crippen molar-refractivity contribution in [3.63, 3.8) is 0 Å². The minimum absolute atomic E-state index is 0.145. The Bertz CT molecular complexity index is 1040. The molecule has 2 aromatic rings. The van der Waals surface area contributed by atoms with Gasteiger partial charge < -0.3 is 10.1 Å². The quantitative estimate of drug-likeness (QED) is 0.344. The summed E-state index contributed by atoms with van der Waals surface area (Å²) in [7, 11) is -4.04. The largest absolute Gasteiger partial charge is 0.384 e. The molecule has 3 rings (SSSR count). The zero-order valence-corrected chi connectivity index (χ0v) is 18.6. The van der Waals surface area contributed by atoms with Gasteiger partial charge in [0.05, 0.1) is 29.5 Å². The van der Waals surface area contributed by atoms with E-state index in [9.17, 15) is 18.5 Å². The van der Waals surface area contributed by atoms with E-state index in [0.29, 0.717) is 17.9 Å². The van der Waals surface area contributed by atoms with Crippen LogP contribution in [0.3, 0.4) is 0 Å². The molecule has 1 fully saturated rings. The third-order valence-electron chi connectivity index (χ3n) is 5.16. The highest BCUT2D eigenvalue weighted by molar-refractivity contribution is 7.92. The Morgan fingerprint density at radius 3 is 2.48 bits per heavy atom. The molecule has 2 N–H and O–H groups in total. The van der Waals surface area contributed by atoms with Gasteiger partial charge in [-0.1, -0.05) is 17.7 Å². The number of anilines is 2. The first kappa shape index (κ1) is 23.0. The van der Waals surface area contributed by atoms with Crippen molar-refractivity contribution in [1.29, 1.82) is 0 Å². The van der Waals surface area contributed by atoms with Gasteiger partial charge in [-0.15, -0.1) is 0 Å². The Labute approximate surface area is 182 Å². The molecule has 0 saturated carbocycles. The predicted octanol–water partition coefficient (Wildman–Crippen LogP) is 3.15. The van der Waals surface area contributed by atoms with Crippen LogP contribution in [0.4, 0.5) is 17.1 Å². The molecule has 0 amide bonds. The van der Waals surface area contributed by atoms with Crippen LogP contribution in [0.2, 0.25) is 0 Å². The second-order valence-electron chi connectivity index (χ2n) is 7.60. The molecule has 2 aromatic carbocycles. The van der Waals surface area contributed by atoms with Gasteiger partial charge >= 0.3 is 0 Å². The smallest absolute Gasteiger partial charge is 0.270 e. The number of hydrogen-bond donors (Lipinski definition) is 2. The van der Waals surface area contributed by atoms with Crippen molar-refractivity contribution in [3.8, 4) is 0 Å². The molecular weight excluding hydrogens is 420 g/mol. The number of nitrogens with zero attached hydrogens (tertiary/aromatic N) is 2. The van der Waals surface area contributed by atoms with Gasteiger partial charge in [0.25, 0.3) is 15.7 Å². The molecule has 0 aliphatic carbocycles. The normalized spacial score (nSPS) is 14.9. The van der Waals surface area contributed by atoms with Gasteiger partial charge in [0.1, 0.15) is 4.90 Å². The number of nitro benzene ring substituents is 1. The van der Waals surface area contributed by atoms with Crippen molar-refractivity contribution in [3.05, 3.63) is 57.6 Å². The lowest BCUT2D eigenvalue weighted by atomic mass is 10.1. The third-order valence-corrected chi connectivity index (χ3v) is 6.57. The monoisotopic (exact) mass is 448 g/mol. The highest BCUT2D eigenvalue weighted by Gasteiger charge is 2.23. The first-order valence-corrected chi connectivity index (χ1v) is 11.7. The molecule has 168 valence electrons. The Morgan fingerprint density at radius 1 is 1.10 bits per heavy atom. The van der Waals surface area contributed by atoms with Gasteiger partial charge in [-0.2, -0.15) is 0 Å². The number of sulfonamides is 1. The average Bonchev–Trinajstić information content (AvgIpc) is 2.74. The first-order valence-electron chi connectivity index (χ1n) is 10.2. The topological polar surface area (TPSA) is 114 Å². The molecule has 1 saturated heterocycles. The van der Waals surface area contributed by atoms with Crippen LogP contribution in [-0.4, -0.2) is 57.6 Å². The summed E-state index contributed by atoms with van der Waals surface area (Å²) in [5, 5.41) is 14.4. The van der Waals surface area contributed by atoms with Gasteiger partial charge in [-0.25, -0.2) is 8.42 Å². The van der Waals surface area contributed by atoms with E-state index in [4.69, 9.17) is 4.74 Å². The van der Waals surface area contributed by atoms with Crippen LogP contribution in [0.1, 0.15) is 17.5 Å². The Hall–Kier alpha value is -2.69. The zero-order valence-electron chi connectivity index (χ0n) is 17.8. The molecule has 0 spiro atoms. The number of rotatable bonds is 9. The number of nitrogens with one attached hydrogen (secondary N) is 2. The summed E-state index contributed by atoms with van der Waals surface area (Å²) in [6.45, 7) is 8.36. The number of aryl methyl sites for hydroxylation is 2. The van der Waals surface area contributed by atoms with E-state index in [-0.39, 0.29) is 10.6 Å². The van der Waals surface area contributed by atoms with Gasteiger partial charge in [-0.3, -0.25) is 19.7 Å². The molecule has 0 atom stereocenters. The summed E-state index contributed by atoms with van der Waals surface area (Å²) in [6.07, 6.45) is 0.807. The molecular formula is C21H28N4O5S. The van der Waals surface area contributed by atoms with Crippen LogP contribution in [0.5, 0.6) is 0 Å². The van der Waals surface area contributed by atoms with E-state index in [1.807, 2.05) is 26.0 Å². The number of hydrogen-bond acceptors (Lipinski definition) is 7. The van der Waals surface area contributed by atoms with Gasteiger partial charge in [-0.05, 0) is 44.5 Å². The first-order chi connectivity index (χ1) is 14.8. The Morgan fingerprint density at radius 2 is 1.81 bits per heavy atom. The number of morpholine rings is 1. The van der Waals surface area contributed by atoms with Crippen molar-refractivity contribution in [2.45, 2.75) is 25.2 Å². The lowest BCUT2D eigenvalue weighted by Gasteiger charge is -2.26. The van der Waals surface area contributed by atoms with Crippen molar-refractivity contribution >= 4 is 27.1 Å². The van der Waals surface area contributed by atoms with E-state index in [0.717, 1.165) is 56.5 Å². The van der Waals surface area contributed by atoms with E-state index in [1.54, 1.807) is 6.07 Å². The van der Waals surface area contributed by atoms with Crippen LogP contribution in [0.15, 0.2) is 41.3 Å². The van der Waals surface area contributed by atoms with Crippen LogP contribution in [0.25, 0.3) is 0 Å². The second kappa shape index (κ2) is 10.1. The molecule has 31 heavy (non-hydrogen) atoms. The predicted molar refractivity (Wildman–Crippen MR) is 120 cm³/mol. The maximum Gasteiger partial charge on any atom is 0.270 e. The fourth-order valence-electron chi connectivity index (χ4n) is 3.47. The fourth-order valence-corrected chi connectivity index (χ4v) is 4.81. The molecule has 0 bridgehead atoms. The minimum atomic E-state index is -4.04. The molecule has 10 heteroatoms. The van der Waals surface area contributed by atoms with Crippen molar-refractivity contribution < 1.29 is 18.1 Å². The Kier molecular flexibility index (Phi) is 7.47. The summed E-state index contributed by atoms with van der Waals surface area (Å²) in [6, 6.07) is 9.22.